The molecule has 3 aromatic carbocycles. The zero-order valence-corrected chi connectivity index (χ0v) is 18.4. The number of carbonyl (C=O) groups is 1. The molecule has 1 atom stereocenters. The topological polar surface area (TPSA) is 38.3 Å². The monoisotopic (exact) mass is 411 g/mol. The van der Waals surface area contributed by atoms with E-state index in [0.29, 0.717) is 6.54 Å². The molecule has 0 bridgehead atoms. The van der Waals surface area contributed by atoms with E-state index >= 15 is 0 Å². The van der Waals surface area contributed by atoms with Crippen LogP contribution < -0.4 is 5.32 Å². The predicted molar refractivity (Wildman–Crippen MR) is 127 cm³/mol. The molecule has 0 heterocycles. The first-order valence-electron chi connectivity index (χ1n) is 10.6. The van der Waals surface area contributed by atoms with Crippen molar-refractivity contribution in [1.29, 1.82) is 0 Å². The molecule has 158 valence electrons. The fourth-order valence-corrected chi connectivity index (χ4v) is 3.28. The molecule has 0 amide bonds. The molecule has 0 saturated carbocycles. The van der Waals surface area contributed by atoms with E-state index in [0.717, 1.165) is 5.56 Å². The van der Waals surface area contributed by atoms with Gasteiger partial charge in [0.15, 0.2) is 0 Å². The minimum Gasteiger partial charge on any atom is -0.460 e. The number of hydrogen-bond acceptors (Lipinski definition) is 3. The molecule has 0 unspecified atom stereocenters. The van der Waals surface area contributed by atoms with Crippen LogP contribution >= 0.6 is 0 Å². The number of hydrogen-bond donors (Lipinski definition) is 1. The summed E-state index contributed by atoms with van der Waals surface area (Å²) in [6.45, 7) is 6.67. The van der Waals surface area contributed by atoms with Crippen molar-refractivity contribution < 1.29 is 9.53 Å². The lowest BCUT2D eigenvalue weighted by Gasteiger charge is -2.16. The molecule has 0 aliphatic rings. The highest BCUT2D eigenvalue weighted by Crippen LogP contribution is 2.23. The summed E-state index contributed by atoms with van der Waals surface area (Å²) in [5.41, 5.74) is 1.38. The summed E-state index contributed by atoms with van der Waals surface area (Å²) < 4.78 is 5.41. The van der Waals surface area contributed by atoms with E-state index in [1.54, 1.807) is 19.9 Å². The lowest BCUT2D eigenvalue weighted by Crippen LogP contribution is -2.24. The Morgan fingerprint density at radius 1 is 1.03 bits per heavy atom. The van der Waals surface area contributed by atoms with Crippen LogP contribution in [0.15, 0.2) is 84.9 Å². The SMILES string of the molecule is C[C@@H](NC/C=C\C#CC(C)(C)C(=O)OCc1ccccc1)c1cccc2ccccc12. The number of allylic oxidation sites excluding steroid dienone is 1. The summed E-state index contributed by atoms with van der Waals surface area (Å²) in [6.07, 6.45) is 3.76. The third-order valence-corrected chi connectivity index (χ3v) is 5.14. The van der Waals surface area contributed by atoms with Crippen molar-refractivity contribution in [2.75, 3.05) is 6.54 Å². The van der Waals surface area contributed by atoms with E-state index in [4.69, 9.17) is 4.74 Å². The maximum atomic E-state index is 12.4. The zero-order chi connectivity index (χ0) is 22.1. The molecule has 0 saturated heterocycles. The molecule has 0 aliphatic carbocycles. The Hall–Kier alpha value is -3.35. The van der Waals surface area contributed by atoms with Gasteiger partial charge < -0.3 is 10.1 Å². The maximum Gasteiger partial charge on any atom is 0.324 e. The highest BCUT2D eigenvalue weighted by Gasteiger charge is 2.26. The molecule has 0 aliphatic heterocycles. The van der Waals surface area contributed by atoms with Crippen LogP contribution in [-0.4, -0.2) is 12.5 Å². The molecule has 0 aromatic heterocycles. The first-order chi connectivity index (χ1) is 15.0. The molecule has 31 heavy (non-hydrogen) atoms. The van der Waals surface area contributed by atoms with Crippen molar-refractivity contribution >= 4 is 16.7 Å². The maximum absolute atomic E-state index is 12.4. The van der Waals surface area contributed by atoms with Gasteiger partial charge in [0.05, 0.1) is 0 Å². The van der Waals surface area contributed by atoms with Gasteiger partial charge in [-0.15, -0.1) is 0 Å². The van der Waals surface area contributed by atoms with Crippen LogP contribution in [0.5, 0.6) is 0 Å². The lowest BCUT2D eigenvalue weighted by molar-refractivity contribution is -0.152. The predicted octanol–water partition coefficient (Wildman–Crippen LogP) is 5.82. The Morgan fingerprint density at radius 3 is 2.55 bits per heavy atom. The smallest absolute Gasteiger partial charge is 0.324 e. The molecule has 3 nitrogen and oxygen atoms in total. The van der Waals surface area contributed by atoms with E-state index in [9.17, 15) is 4.79 Å². The molecule has 0 radical (unpaired) electrons. The van der Waals surface area contributed by atoms with E-state index in [1.165, 1.54) is 16.3 Å². The van der Waals surface area contributed by atoms with Gasteiger partial charge in [0.2, 0.25) is 0 Å². The van der Waals surface area contributed by atoms with Crippen LogP contribution in [0.2, 0.25) is 0 Å². The summed E-state index contributed by atoms with van der Waals surface area (Å²) in [4.78, 5) is 12.4. The molecule has 0 spiro atoms. The van der Waals surface area contributed by atoms with Gasteiger partial charge in [0.1, 0.15) is 12.0 Å². The number of nitrogens with one attached hydrogen (secondary N) is 1. The van der Waals surface area contributed by atoms with Gasteiger partial charge in [-0.1, -0.05) is 90.7 Å². The Morgan fingerprint density at radius 2 is 1.74 bits per heavy atom. The van der Waals surface area contributed by atoms with Crippen molar-refractivity contribution in [1.82, 2.24) is 5.32 Å². The Balaban J connectivity index is 1.49. The van der Waals surface area contributed by atoms with E-state index in [2.05, 4.69) is 66.5 Å². The summed E-state index contributed by atoms with van der Waals surface area (Å²) in [5.74, 6) is 5.66. The zero-order valence-electron chi connectivity index (χ0n) is 18.4. The van der Waals surface area contributed by atoms with Gasteiger partial charge in [-0.25, -0.2) is 0 Å². The Bertz CT molecular complexity index is 1100. The number of esters is 1. The molecule has 0 fully saturated rings. The van der Waals surface area contributed by atoms with Crippen molar-refractivity contribution in [2.24, 2.45) is 5.41 Å². The summed E-state index contributed by atoms with van der Waals surface area (Å²) in [7, 11) is 0. The quantitative estimate of drug-likeness (QED) is 0.393. The number of carbonyl (C=O) groups excluding carboxylic acids is 1. The number of benzene rings is 3. The van der Waals surface area contributed by atoms with Gasteiger partial charge in [-0.05, 0) is 48.7 Å². The first kappa shape index (κ1) is 22.3. The number of ether oxygens (including phenoxy) is 1. The number of rotatable bonds is 7. The van der Waals surface area contributed by atoms with Crippen LogP contribution in [0.3, 0.4) is 0 Å². The fourth-order valence-electron chi connectivity index (χ4n) is 3.28. The fraction of sp³-hybridized carbons (Fsp3) is 0.250. The first-order valence-corrected chi connectivity index (χ1v) is 10.6. The molecular formula is C28H29NO2. The standard InChI is InChI=1S/C28H29NO2/c1-22(25-18-12-16-24-15-8-9-17-26(24)25)29-20-11-5-10-19-28(2,3)27(30)31-21-23-13-6-4-7-14-23/h4-9,11-18,22,29H,20-21H2,1-3H3/b11-5-/t22-/m1/s1. The van der Waals surface area contributed by atoms with E-state index in [-0.39, 0.29) is 18.6 Å². The van der Waals surface area contributed by atoms with Crippen LogP contribution in [-0.2, 0) is 16.1 Å². The normalized spacial score (nSPS) is 12.4. The molecular weight excluding hydrogens is 382 g/mol. The van der Waals surface area contributed by atoms with Crippen molar-refractivity contribution in [3.05, 3.63) is 96.1 Å². The van der Waals surface area contributed by atoms with Gasteiger partial charge >= 0.3 is 5.97 Å². The molecule has 3 rings (SSSR count). The minimum absolute atomic E-state index is 0.216. The molecule has 3 aromatic rings. The van der Waals surface area contributed by atoms with Gasteiger partial charge in [-0.2, -0.15) is 0 Å². The largest absolute Gasteiger partial charge is 0.460 e. The lowest BCUT2D eigenvalue weighted by atomic mass is 9.95. The van der Waals surface area contributed by atoms with Crippen molar-refractivity contribution in [3.63, 3.8) is 0 Å². The summed E-state index contributed by atoms with van der Waals surface area (Å²) >= 11 is 0. The van der Waals surface area contributed by atoms with Gasteiger partial charge in [0.25, 0.3) is 0 Å². The molecule has 3 heteroatoms. The average molecular weight is 412 g/mol. The summed E-state index contributed by atoms with van der Waals surface area (Å²) in [5, 5.41) is 6.02. The second kappa shape index (κ2) is 10.6. The van der Waals surface area contributed by atoms with Crippen LogP contribution in [0, 0.1) is 17.3 Å². The highest BCUT2D eigenvalue weighted by atomic mass is 16.5. The third kappa shape index (κ3) is 6.31. The second-order valence-electron chi connectivity index (χ2n) is 8.06. The summed E-state index contributed by atoms with van der Waals surface area (Å²) in [6, 6.07) is 24.7. The third-order valence-electron chi connectivity index (χ3n) is 5.14. The van der Waals surface area contributed by atoms with Crippen LogP contribution in [0.1, 0.15) is 37.9 Å². The van der Waals surface area contributed by atoms with Crippen LogP contribution in [0.4, 0.5) is 0 Å². The average Bonchev–Trinajstić information content (AvgIpc) is 2.79. The van der Waals surface area contributed by atoms with Crippen molar-refractivity contribution in [2.45, 2.75) is 33.4 Å². The molecule has 1 N–H and O–H groups in total. The second-order valence-corrected chi connectivity index (χ2v) is 8.06. The Kier molecular flexibility index (Phi) is 7.65. The van der Waals surface area contributed by atoms with Gasteiger partial charge in [0, 0.05) is 12.6 Å². The highest BCUT2D eigenvalue weighted by molar-refractivity contribution is 5.86. The Labute approximate surface area is 185 Å². The van der Waals surface area contributed by atoms with Crippen LogP contribution in [0.25, 0.3) is 10.8 Å². The van der Waals surface area contributed by atoms with Crippen molar-refractivity contribution in [3.8, 4) is 11.8 Å². The minimum atomic E-state index is -0.858. The van der Waals surface area contributed by atoms with Gasteiger partial charge in [-0.3, -0.25) is 4.79 Å². The number of fused-ring (bicyclic) bond motifs is 1. The van der Waals surface area contributed by atoms with E-state index < -0.39 is 5.41 Å². The van der Waals surface area contributed by atoms with E-state index in [1.807, 2.05) is 36.4 Å².